The molecule has 0 aromatic carbocycles. The number of rotatable bonds is 4. The van der Waals surface area contributed by atoms with E-state index in [9.17, 15) is 4.79 Å². The monoisotopic (exact) mass is 202 g/mol. The molecule has 1 amide bonds. The number of hydrogen-bond donors (Lipinski definition) is 3. The molecule has 1 aliphatic heterocycles. The highest BCUT2D eigenvalue weighted by atomic mass is 16.6. The first-order valence-electron chi connectivity index (χ1n) is 4.98. The molecular formula is C9H18N2O3. The van der Waals surface area contributed by atoms with E-state index < -0.39 is 6.29 Å². The van der Waals surface area contributed by atoms with Crippen LogP contribution in [0.1, 0.15) is 19.8 Å². The van der Waals surface area contributed by atoms with Crippen molar-refractivity contribution in [3.63, 3.8) is 0 Å². The molecule has 0 aromatic rings. The van der Waals surface area contributed by atoms with Gasteiger partial charge in [0.05, 0.1) is 0 Å². The topological polar surface area (TPSA) is 70.6 Å². The van der Waals surface area contributed by atoms with E-state index in [-0.39, 0.29) is 18.6 Å². The molecule has 5 heteroatoms. The van der Waals surface area contributed by atoms with Gasteiger partial charge in [-0.2, -0.15) is 0 Å². The Bertz CT molecular complexity index is 179. The third kappa shape index (κ3) is 4.55. The van der Waals surface area contributed by atoms with Crippen LogP contribution in [0, 0.1) is 0 Å². The quantitative estimate of drug-likeness (QED) is 0.522. The van der Waals surface area contributed by atoms with Crippen LogP contribution in [0.3, 0.4) is 0 Å². The number of ether oxygens (including phenoxy) is 1. The van der Waals surface area contributed by atoms with E-state index in [1.807, 2.05) is 0 Å². The van der Waals surface area contributed by atoms with Gasteiger partial charge in [0.15, 0.2) is 6.29 Å². The normalized spacial score (nSPS) is 20.4. The first kappa shape index (κ1) is 11.4. The van der Waals surface area contributed by atoms with E-state index >= 15 is 0 Å². The Labute approximate surface area is 83.8 Å². The zero-order valence-electron chi connectivity index (χ0n) is 8.45. The van der Waals surface area contributed by atoms with Crippen molar-refractivity contribution in [1.82, 2.24) is 10.6 Å². The average molecular weight is 202 g/mol. The molecule has 1 rings (SSSR count). The maximum atomic E-state index is 11.2. The van der Waals surface area contributed by atoms with Gasteiger partial charge in [0.2, 0.25) is 5.91 Å². The van der Waals surface area contributed by atoms with Gasteiger partial charge in [-0.1, -0.05) is 0 Å². The van der Waals surface area contributed by atoms with Gasteiger partial charge in [-0.25, -0.2) is 0 Å². The lowest BCUT2D eigenvalue weighted by Crippen LogP contribution is -2.44. The second-order valence-corrected chi connectivity index (χ2v) is 3.50. The van der Waals surface area contributed by atoms with Gasteiger partial charge < -0.3 is 20.5 Å². The highest BCUT2D eigenvalue weighted by Crippen LogP contribution is 2.01. The Balaban J connectivity index is 2.12. The molecule has 14 heavy (non-hydrogen) atoms. The third-order valence-corrected chi connectivity index (χ3v) is 2.16. The van der Waals surface area contributed by atoms with Gasteiger partial charge in [0.25, 0.3) is 0 Å². The molecule has 0 radical (unpaired) electrons. The van der Waals surface area contributed by atoms with E-state index in [1.165, 1.54) is 6.92 Å². The summed E-state index contributed by atoms with van der Waals surface area (Å²) in [6.45, 7) is 3.31. The largest absolute Gasteiger partial charge is 0.368 e. The molecule has 0 aromatic heterocycles. The maximum Gasteiger partial charge on any atom is 0.246 e. The maximum absolute atomic E-state index is 11.2. The average Bonchev–Trinajstić information content (AvgIpc) is 2.16. The molecule has 1 atom stereocenters. The van der Waals surface area contributed by atoms with Crippen LogP contribution >= 0.6 is 0 Å². The Morgan fingerprint density at radius 3 is 2.86 bits per heavy atom. The highest BCUT2D eigenvalue weighted by Gasteiger charge is 2.15. The standard InChI is InChI=1S/C9H18N2O3/c1-7(12)14-6-9(13)11-8-2-4-10-5-3-8/h7-8,10,12H,2-6H2,1H3,(H,11,13). The van der Waals surface area contributed by atoms with Gasteiger partial charge in [-0.05, 0) is 32.9 Å². The van der Waals surface area contributed by atoms with Crippen molar-refractivity contribution in [1.29, 1.82) is 0 Å². The Morgan fingerprint density at radius 2 is 2.29 bits per heavy atom. The second kappa shape index (κ2) is 5.95. The van der Waals surface area contributed by atoms with Crippen molar-refractivity contribution in [2.45, 2.75) is 32.1 Å². The number of carbonyl (C=O) groups is 1. The molecule has 1 unspecified atom stereocenters. The molecule has 82 valence electrons. The zero-order chi connectivity index (χ0) is 10.4. The van der Waals surface area contributed by atoms with Gasteiger partial charge in [-0.3, -0.25) is 4.79 Å². The van der Waals surface area contributed by atoms with Crippen molar-refractivity contribution < 1.29 is 14.6 Å². The Hall–Kier alpha value is -0.650. The van der Waals surface area contributed by atoms with Crippen molar-refractivity contribution in [3.05, 3.63) is 0 Å². The summed E-state index contributed by atoms with van der Waals surface area (Å²) in [7, 11) is 0. The SMILES string of the molecule is CC(O)OCC(=O)NC1CCNCC1. The summed E-state index contributed by atoms with van der Waals surface area (Å²) in [5, 5.41) is 14.9. The molecular weight excluding hydrogens is 184 g/mol. The number of nitrogens with one attached hydrogen (secondary N) is 2. The minimum absolute atomic E-state index is 0.0679. The molecule has 0 bridgehead atoms. The smallest absolute Gasteiger partial charge is 0.246 e. The highest BCUT2D eigenvalue weighted by molar-refractivity contribution is 5.77. The number of piperidine rings is 1. The van der Waals surface area contributed by atoms with Gasteiger partial charge >= 0.3 is 0 Å². The van der Waals surface area contributed by atoms with Crippen LogP contribution in [-0.2, 0) is 9.53 Å². The summed E-state index contributed by atoms with van der Waals surface area (Å²) in [6, 6.07) is 0.251. The Morgan fingerprint density at radius 1 is 1.64 bits per heavy atom. The lowest BCUT2D eigenvalue weighted by molar-refractivity contribution is -0.138. The third-order valence-electron chi connectivity index (χ3n) is 2.16. The summed E-state index contributed by atoms with van der Waals surface area (Å²) < 4.78 is 4.77. The first-order valence-corrected chi connectivity index (χ1v) is 4.98. The molecule has 1 aliphatic rings. The van der Waals surface area contributed by atoms with Crippen LogP contribution in [0.15, 0.2) is 0 Å². The molecule has 1 heterocycles. The Kier molecular flexibility index (Phi) is 4.86. The van der Waals surface area contributed by atoms with E-state index in [0.29, 0.717) is 0 Å². The number of aliphatic hydroxyl groups excluding tert-OH is 1. The fraction of sp³-hybridized carbons (Fsp3) is 0.889. The fourth-order valence-electron chi connectivity index (χ4n) is 1.43. The van der Waals surface area contributed by atoms with E-state index in [2.05, 4.69) is 10.6 Å². The fourth-order valence-corrected chi connectivity index (χ4v) is 1.43. The summed E-state index contributed by atoms with van der Waals surface area (Å²) >= 11 is 0. The van der Waals surface area contributed by atoms with Crippen molar-refractivity contribution in [2.75, 3.05) is 19.7 Å². The van der Waals surface area contributed by atoms with Crippen LogP contribution in [0.4, 0.5) is 0 Å². The number of hydrogen-bond acceptors (Lipinski definition) is 4. The van der Waals surface area contributed by atoms with Crippen molar-refractivity contribution in [3.8, 4) is 0 Å². The lowest BCUT2D eigenvalue weighted by Gasteiger charge is -2.23. The molecule has 1 fully saturated rings. The lowest BCUT2D eigenvalue weighted by atomic mass is 10.1. The predicted octanol–water partition coefficient (Wildman–Crippen LogP) is -0.790. The van der Waals surface area contributed by atoms with Gasteiger partial charge in [0, 0.05) is 6.04 Å². The second-order valence-electron chi connectivity index (χ2n) is 3.50. The first-order chi connectivity index (χ1) is 6.68. The minimum atomic E-state index is -0.881. The molecule has 0 spiro atoms. The molecule has 0 aliphatic carbocycles. The molecule has 5 nitrogen and oxygen atoms in total. The summed E-state index contributed by atoms with van der Waals surface area (Å²) in [5.41, 5.74) is 0. The summed E-state index contributed by atoms with van der Waals surface area (Å²) in [6.07, 6.45) is 1.04. The molecule has 1 saturated heterocycles. The summed E-state index contributed by atoms with van der Waals surface area (Å²) in [4.78, 5) is 11.2. The number of aliphatic hydroxyl groups is 1. The van der Waals surface area contributed by atoms with Crippen LogP contribution < -0.4 is 10.6 Å². The van der Waals surface area contributed by atoms with Gasteiger partial charge in [0.1, 0.15) is 6.61 Å². The summed E-state index contributed by atoms with van der Waals surface area (Å²) in [5.74, 6) is -0.155. The van der Waals surface area contributed by atoms with Gasteiger partial charge in [-0.15, -0.1) is 0 Å². The molecule has 3 N–H and O–H groups in total. The van der Waals surface area contributed by atoms with Crippen LogP contribution in [0.2, 0.25) is 0 Å². The number of amides is 1. The van der Waals surface area contributed by atoms with Crippen molar-refractivity contribution in [2.24, 2.45) is 0 Å². The minimum Gasteiger partial charge on any atom is -0.368 e. The van der Waals surface area contributed by atoms with Crippen molar-refractivity contribution >= 4 is 5.91 Å². The van der Waals surface area contributed by atoms with E-state index in [4.69, 9.17) is 9.84 Å². The van der Waals surface area contributed by atoms with E-state index in [1.54, 1.807) is 0 Å². The van der Waals surface area contributed by atoms with Crippen LogP contribution in [0.5, 0.6) is 0 Å². The van der Waals surface area contributed by atoms with Crippen LogP contribution in [0.25, 0.3) is 0 Å². The zero-order valence-corrected chi connectivity index (χ0v) is 8.45. The van der Waals surface area contributed by atoms with E-state index in [0.717, 1.165) is 25.9 Å². The predicted molar refractivity (Wildman–Crippen MR) is 51.7 cm³/mol. The number of carbonyl (C=O) groups excluding carboxylic acids is 1. The molecule has 0 saturated carbocycles. The van der Waals surface area contributed by atoms with Crippen LogP contribution in [-0.4, -0.2) is 43.0 Å².